The van der Waals surface area contributed by atoms with E-state index in [9.17, 15) is 13.6 Å². The topological polar surface area (TPSA) is 69.0 Å². The molecule has 0 saturated carbocycles. The number of pyridine rings is 1. The summed E-state index contributed by atoms with van der Waals surface area (Å²) in [5.74, 6) is -0.314. The highest BCUT2D eigenvalue weighted by Crippen LogP contribution is 2.24. The Kier molecular flexibility index (Phi) is 4.81. The second-order valence-electron chi connectivity index (χ2n) is 6.43. The van der Waals surface area contributed by atoms with Gasteiger partial charge in [-0.05, 0) is 43.2 Å². The fraction of sp³-hybridized carbons (Fsp3) is 0.316. The van der Waals surface area contributed by atoms with E-state index in [2.05, 4.69) is 15.4 Å². The minimum Gasteiger partial charge on any atom is -0.381 e. The van der Waals surface area contributed by atoms with Crippen molar-refractivity contribution in [3.63, 3.8) is 0 Å². The number of nitrogens with one attached hydrogen (secondary N) is 1. The zero-order valence-corrected chi connectivity index (χ0v) is 14.4. The Balaban J connectivity index is 1.54. The zero-order valence-electron chi connectivity index (χ0n) is 14.4. The summed E-state index contributed by atoms with van der Waals surface area (Å²) < 4.78 is 32.8. The number of halogens is 2. The minimum absolute atomic E-state index is 0.0933. The monoisotopic (exact) mass is 372 g/mol. The first kappa shape index (κ1) is 17.5. The van der Waals surface area contributed by atoms with E-state index < -0.39 is 12.3 Å². The second-order valence-corrected chi connectivity index (χ2v) is 6.43. The van der Waals surface area contributed by atoms with E-state index >= 15 is 0 Å². The van der Waals surface area contributed by atoms with Crippen molar-refractivity contribution < 1.29 is 18.3 Å². The molecular weight excluding hydrogens is 354 g/mol. The number of aromatic nitrogens is 3. The molecule has 0 bridgehead atoms. The van der Waals surface area contributed by atoms with Crippen LogP contribution in [0.4, 0.5) is 14.6 Å². The van der Waals surface area contributed by atoms with Crippen molar-refractivity contribution in [2.45, 2.75) is 25.3 Å². The predicted molar refractivity (Wildman–Crippen MR) is 96.0 cm³/mol. The smallest absolute Gasteiger partial charge is 0.280 e. The first-order valence-corrected chi connectivity index (χ1v) is 8.73. The van der Waals surface area contributed by atoms with Gasteiger partial charge in [-0.3, -0.25) is 9.48 Å². The summed E-state index contributed by atoms with van der Waals surface area (Å²) in [4.78, 5) is 16.2. The third kappa shape index (κ3) is 3.80. The molecule has 1 amide bonds. The van der Waals surface area contributed by atoms with Crippen molar-refractivity contribution in [1.29, 1.82) is 0 Å². The summed E-state index contributed by atoms with van der Waals surface area (Å²) >= 11 is 0. The Hall–Kier alpha value is -2.87. The van der Waals surface area contributed by atoms with Gasteiger partial charge in [0.1, 0.15) is 11.5 Å². The molecule has 1 aromatic carbocycles. The van der Waals surface area contributed by atoms with E-state index in [1.165, 1.54) is 18.2 Å². The van der Waals surface area contributed by atoms with Gasteiger partial charge in [-0.25, -0.2) is 13.8 Å². The van der Waals surface area contributed by atoms with E-state index in [-0.39, 0.29) is 11.5 Å². The van der Waals surface area contributed by atoms with E-state index in [0.717, 1.165) is 37.0 Å². The lowest BCUT2D eigenvalue weighted by Gasteiger charge is -2.22. The maximum absolute atomic E-state index is 12.7. The van der Waals surface area contributed by atoms with E-state index in [1.54, 1.807) is 18.2 Å². The van der Waals surface area contributed by atoms with Gasteiger partial charge >= 0.3 is 0 Å². The lowest BCUT2D eigenvalue weighted by molar-refractivity contribution is 0.0664. The minimum atomic E-state index is -2.69. The van der Waals surface area contributed by atoms with Gasteiger partial charge in [-0.1, -0.05) is 6.07 Å². The summed E-state index contributed by atoms with van der Waals surface area (Å²) in [6.45, 7) is 1.44. The Morgan fingerprint density at radius 1 is 1.22 bits per heavy atom. The molecule has 0 radical (unpaired) electrons. The molecule has 6 nitrogen and oxygen atoms in total. The summed E-state index contributed by atoms with van der Waals surface area (Å²) in [6.07, 6.45) is 1.06. The molecule has 1 N–H and O–H groups in total. The highest BCUT2D eigenvalue weighted by Gasteiger charge is 2.18. The fourth-order valence-electron chi connectivity index (χ4n) is 3.15. The van der Waals surface area contributed by atoms with E-state index in [0.29, 0.717) is 11.6 Å². The van der Waals surface area contributed by atoms with Crippen LogP contribution in [-0.2, 0) is 4.74 Å². The molecule has 140 valence electrons. The quantitative estimate of drug-likeness (QED) is 0.752. The molecule has 0 aliphatic carbocycles. The van der Waals surface area contributed by atoms with Crippen molar-refractivity contribution in [2.24, 2.45) is 0 Å². The van der Waals surface area contributed by atoms with Crippen LogP contribution in [0.25, 0.3) is 10.9 Å². The van der Waals surface area contributed by atoms with Crippen LogP contribution in [0.3, 0.4) is 0 Å². The van der Waals surface area contributed by atoms with Crippen LogP contribution in [-0.4, -0.2) is 33.9 Å². The van der Waals surface area contributed by atoms with Crippen LogP contribution in [0.5, 0.6) is 0 Å². The number of hydrogen-bond donors (Lipinski definition) is 1. The number of anilines is 1. The number of carbonyl (C=O) groups excluding carboxylic acids is 1. The highest BCUT2D eigenvalue weighted by molar-refractivity contribution is 6.05. The van der Waals surface area contributed by atoms with Gasteiger partial charge in [0.15, 0.2) is 0 Å². The van der Waals surface area contributed by atoms with E-state index in [1.807, 2.05) is 10.9 Å². The number of alkyl halides is 2. The van der Waals surface area contributed by atoms with Gasteiger partial charge in [0.2, 0.25) is 0 Å². The molecule has 3 heterocycles. The lowest BCUT2D eigenvalue weighted by atomic mass is 10.1. The molecule has 27 heavy (non-hydrogen) atoms. The van der Waals surface area contributed by atoms with Crippen molar-refractivity contribution in [3.8, 4) is 0 Å². The molecule has 8 heteroatoms. The number of ether oxygens (including phenoxy) is 1. The standard InChI is InChI=1S/C19H18F2N4O2/c20-18(21)16-2-1-3-17(22-16)23-19(26)12-4-5-15-13(10-12)11-25(24-15)14-6-8-27-9-7-14/h1-5,10-11,14,18H,6-9H2,(H,22,23,26). The van der Waals surface area contributed by atoms with Crippen molar-refractivity contribution >= 4 is 22.6 Å². The van der Waals surface area contributed by atoms with Gasteiger partial charge in [0.05, 0.1) is 11.6 Å². The molecule has 0 unspecified atom stereocenters. The third-order valence-corrected chi connectivity index (χ3v) is 4.59. The summed E-state index contributed by atoms with van der Waals surface area (Å²) in [6, 6.07) is 9.61. The predicted octanol–water partition coefficient (Wildman–Crippen LogP) is 3.97. The molecule has 1 aliphatic heterocycles. The van der Waals surface area contributed by atoms with Crippen LogP contribution >= 0.6 is 0 Å². The van der Waals surface area contributed by atoms with Gasteiger partial charge in [-0.15, -0.1) is 0 Å². The number of fused-ring (bicyclic) bond motifs is 1. The summed E-state index contributed by atoms with van der Waals surface area (Å²) in [7, 11) is 0. The highest BCUT2D eigenvalue weighted by atomic mass is 19.3. The molecule has 1 saturated heterocycles. The largest absolute Gasteiger partial charge is 0.381 e. The fourth-order valence-corrected chi connectivity index (χ4v) is 3.15. The van der Waals surface area contributed by atoms with E-state index in [4.69, 9.17) is 4.74 Å². The molecule has 1 fully saturated rings. The SMILES string of the molecule is O=C(Nc1cccc(C(F)F)n1)c1ccc2nn(C3CCOCC3)cc2c1. The molecule has 0 atom stereocenters. The Labute approximate surface area is 154 Å². The number of hydrogen-bond acceptors (Lipinski definition) is 4. The Bertz CT molecular complexity index is 967. The van der Waals surface area contributed by atoms with Crippen LogP contribution in [0.15, 0.2) is 42.6 Å². The first-order chi connectivity index (χ1) is 13.1. The molecule has 1 aliphatic rings. The first-order valence-electron chi connectivity index (χ1n) is 8.73. The van der Waals surface area contributed by atoms with Crippen LogP contribution in [0.1, 0.15) is 41.4 Å². The van der Waals surface area contributed by atoms with Gasteiger partial charge in [0, 0.05) is 30.4 Å². The van der Waals surface area contributed by atoms with Gasteiger partial charge in [-0.2, -0.15) is 5.10 Å². The molecule has 3 aromatic rings. The third-order valence-electron chi connectivity index (χ3n) is 4.59. The van der Waals surface area contributed by atoms with Crippen molar-refractivity contribution in [3.05, 3.63) is 53.9 Å². The number of benzene rings is 1. The zero-order chi connectivity index (χ0) is 18.8. The van der Waals surface area contributed by atoms with Crippen LogP contribution in [0, 0.1) is 0 Å². The van der Waals surface area contributed by atoms with Gasteiger partial charge in [0.25, 0.3) is 12.3 Å². The van der Waals surface area contributed by atoms with Crippen LogP contribution < -0.4 is 5.32 Å². The second kappa shape index (κ2) is 7.40. The normalized spacial score (nSPS) is 15.4. The molecule has 0 spiro atoms. The van der Waals surface area contributed by atoms with Crippen molar-refractivity contribution in [2.75, 3.05) is 18.5 Å². The average molecular weight is 372 g/mol. The number of rotatable bonds is 4. The number of nitrogens with zero attached hydrogens (tertiary/aromatic N) is 3. The Morgan fingerprint density at radius 3 is 2.81 bits per heavy atom. The number of amides is 1. The number of carbonyl (C=O) groups is 1. The molecule has 4 rings (SSSR count). The Morgan fingerprint density at radius 2 is 2.04 bits per heavy atom. The maximum atomic E-state index is 12.7. The van der Waals surface area contributed by atoms with Crippen molar-refractivity contribution in [1.82, 2.24) is 14.8 Å². The molecule has 2 aromatic heterocycles. The summed E-state index contributed by atoms with van der Waals surface area (Å²) in [5, 5.41) is 8.00. The maximum Gasteiger partial charge on any atom is 0.280 e. The lowest BCUT2D eigenvalue weighted by Crippen LogP contribution is -2.19. The molecular formula is C19H18F2N4O2. The summed E-state index contributed by atoms with van der Waals surface area (Å²) in [5.41, 5.74) is 0.843. The van der Waals surface area contributed by atoms with Crippen LogP contribution in [0.2, 0.25) is 0 Å². The average Bonchev–Trinajstić information content (AvgIpc) is 3.12. The van der Waals surface area contributed by atoms with Gasteiger partial charge < -0.3 is 10.1 Å².